The predicted octanol–water partition coefficient (Wildman–Crippen LogP) is 4.52. The molecule has 1 aliphatic carbocycles. The van der Waals surface area contributed by atoms with E-state index in [4.69, 9.17) is 4.74 Å². The highest BCUT2D eigenvalue weighted by atomic mass is 32.1. The maximum atomic E-state index is 12.3. The molecule has 0 bridgehead atoms. The third-order valence-electron chi connectivity index (χ3n) is 5.27. The molecule has 0 saturated heterocycles. The van der Waals surface area contributed by atoms with Crippen LogP contribution < -0.4 is 5.32 Å². The SMILES string of the molecule is Cc1ccc([C@H](C)NC(=O)COC(=O)c2cc3c(s2)CC[C@H](C)C3)cc1C. The van der Waals surface area contributed by atoms with Gasteiger partial charge >= 0.3 is 5.97 Å². The molecule has 3 rings (SSSR count). The Bertz CT molecular complexity index is 855. The molecule has 5 heteroatoms. The summed E-state index contributed by atoms with van der Waals surface area (Å²) in [4.78, 5) is 26.3. The summed E-state index contributed by atoms with van der Waals surface area (Å²) in [6.07, 6.45) is 3.22. The number of amides is 1. The lowest BCUT2D eigenvalue weighted by atomic mass is 9.90. The van der Waals surface area contributed by atoms with Crippen LogP contribution in [0.2, 0.25) is 0 Å². The van der Waals surface area contributed by atoms with Crippen LogP contribution in [-0.2, 0) is 22.4 Å². The van der Waals surface area contributed by atoms with Gasteiger partial charge in [-0.1, -0.05) is 25.1 Å². The minimum Gasteiger partial charge on any atom is -0.451 e. The minimum atomic E-state index is -0.406. The number of hydrogen-bond donors (Lipinski definition) is 1. The van der Waals surface area contributed by atoms with Crippen molar-refractivity contribution in [3.05, 3.63) is 56.3 Å². The zero-order valence-corrected chi connectivity index (χ0v) is 17.2. The number of aryl methyl sites for hydroxylation is 3. The van der Waals surface area contributed by atoms with E-state index in [1.165, 1.54) is 39.3 Å². The van der Waals surface area contributed by atoms with Crippen LogP contribution in [0.15, 0.2) is 24.3 Å². The first-order valence-corrected chi connectivity index (χ1v) is 10.3. The summed E-state index contributed by atoms with van der Waals surface area (Å²) in [5, 5.41) is 2.89. The highest BCUT2D eigenvalue weighted by molar-refractivity contribution is 7.14. The van der Waals surface area contributed by atoms with Gasteiger partial charge in [0.25, 0.3) is 5.91 Å². The third-order valence-corrected chi connectivity index (χ3v) is 6.49. The number of rotatable bonds is 5. The third kappa shape index (κ3) is 4.78. The van der Waals surface area contributed by atoms with Crippen molar-refractivity contribution < 1.29 is 14.3 Å². The Morgan fingerprint density at radius 2 is 2.04 bits per heavy atom. The van der Waals surface area contributed by atoms with Gasteiger partial charge in [0, 0.05) is 4.88 Å². The molecular formula is C22H27NO3S. The van der Waals surface area contributed by atoms with Gasteiger partial charge in [-0.3, -0.25) is 4.79 Å². The summed E-state index contributed by atoms with van der Waals surface area (Å²) in [6, 6.07) is 7.94. The molecule has 1 N–H and O–H groups in total. The normalized spacial score (nSPS) is 17.1. The number of hydrogen-bond acceptors (Lipinski definition) is 4. The highest BCUT2D eigenvalue weighted by Gasteiger charge is 2.22. The number of carbonyl (C=O) groups excluding carboxylic acids is 2. The Kier molecular flexibility index (Phi) is 6.00. The van der Waals surface area contributed by atoms with E-state index in [2.05, 4.69) is 32.2 Å². The lowest BCUT2D eigenvalue weighted by Gasteiger charge is -2.16. The van der Waals surface area contributed by atoms with Crippen LogP contribution in [0.3, 0.4) is 0 Å². The van der Waals surface area contributed by atoms with E-state index in [0.29, 0.717) is 10.8 Å². The molecule has 0 aliphatic heterocycles. The van der Waals surface area contributed by atoms with E-state index >= 15 is 0 Å². The number of carbonyl (C=O) groups is 2. The van der Waals surface area contributed by atoms with E-state index in [-0.39, 0.29) is 18.6 Å². The summed E-state index contributed by atoms with van der Waals surface area (Å²) < 4.78 is 5.23. The van der Waals surface area contributed by atoms with Crippen molar-refractivity contribution in [1.82, 2.24) is 5.32 Å². The molecule has 0 saturated carbocycles. The molecule has 1 aromatic carbocycles. The van der Waals surface area contributed by atoms with Gasteiger partial charge in [0.2, 0.25) is 0 Å². The monoisotopic (exact) mass is 385 g/mol. The number of thiophene rings is 1. The first-order chi connectivity index (χ1) is 12.8. The van der Waals surface area contributed by atoms with Gasteiger partial charge in [0.05, 0.1) is 6.04 Å². The molecule has 2 atom stereocenters. The quantitative estimate of drug-likeness (QED) is 0.770. The fourth-order valence-electron chi connectivity index (χ4n) is 3.41. The highest BCUT2D eigenvalue weighted by Crippen LogP contribution is 2.32. The summed E-state index contributed by atoms with van der Waals surface area (Å²) in [7, 11) is 0. The maximum Gasteiger partial charge on any atom is 0.348 e. The Morgan fingerprint density at radius 3 is 2.78 bits per heavy atom. The van der Waals surface area contributed by atoms with Crippen molar-refractivity contribution in [2.45, 2.75) is 53.0 Å². The van der Waals surface area contributed by atoms with E-state index in [0.717, 1.165) is 18.4 Å². The molecule has 0 unspecified atom stereocenters. The van der Waals surface area contributed by atoms with Crippen molar-refractivity contribution in [2.75, 3.05) is 6.61 Å². The first kappa shape index (κ1) is 19.6. The molecule has 144 valence electrons. The summed E-state index contributed by atoms with van der Waals surface area (Å²) in [6.45, 7) is 8.02. The predicted molar refractivity (Wildman–Crippen MR) is 108 cm³/mol. The molecule has 2 aromatic rings. The Hall–Kier alpha value is -2.14. The number of benzene rings is 1. The van der Waals surface area contributed by atoms with Gasteiger partial charge in [-0.15, -0.1) is 11.3 Å². The Balaban J connectivity index is 1.52. The van der Waals surface area contributed by atoms with Crippen molar-refractivity contribution in [3.8, 4) is 0 Å². The van der Waals surface area contributed by atoms with E-state index in [1.807, 2.05) is 25.1 Å². The lowest BCUT2D eigenvalue weighted by molar-refractivity contribution is -0.124. The molecule has 0 radical (unpaired) electrons. The molecule has 1 aromatic heterocycles. The fraction of sp³-hybridized carbons (Fsp3) is 0.455. The van der Waals surface area contributed by atoms with Crippen LogP contribution in [0, 0.1) is 19.8 Å². The summed E-state index contributed by atoms with van der Waals surface area (Å²) in [5.41, 5.74) is 4.71. The zero-order chi connectivity index (χ0) is 19.6. The topological polar surface area (TPSA) is 55.4 Å². The molecule has 4 nitrogen and oxygen atoms in total. The van der Waals surface area contributed by atoms with Crippen LogP contribution >= 0.6 is 11.3 Å². The van der Waals surface area contributed by atoms with Crippen molar-refractivity contribution in [3.63, 3.8) is 0 Å². The zero-order valence-electron chi connectivity index (χ0n) is 16.4. The van der Waals surface area contributed by atoms with Crippen LogP contribution in [0.1, 0.15) is 63.1 Å². The van der Waals surface area contributed by atoms with E-state index < -0.39 is 5.97 Å². The first-order valence-electron chi connectivity index (χ1n) is 9.48. The molecule has 0 fully saturated rings. The average Bonchev–Trinajstić information content (AvgIpc) is 3.05. The number of nitrogens with one attached hydrogen (secondary N) is 1. The van der Waals surface area contributed by atoms with Gasteiger partial charge in [-0.25, -0.2) is 4.79 Å². The van der Waals surface area contributed by atoms with Gasteiger partial charge < -0.3 is 10.1 Å². The largest absolute Gasteiger partial charge is 0.451 e. The standard InChI is InChI=1S/C22H27NO3S/c1-13-5-8-19-18(9-13)11-20(27-19)22(25)26-12-21(24)23-16(4)17-7-6-14(2)15(3)10-17/h6-7,10-11,13,16H,5,8-9,12H2,1-4H3,(H,23,24)/t13-,16-/m0/s1. The van der Waals surface area contributed by atoms with Crippen LogP contribution in [0.4, 0.5) is 0 Å². The average molecular weight is 386 g/mol. The molecular weight excluding hydrogens is 358 g/mol. The van der Waals surface area contributed by atoms with E-state index in [1.54, 1.807) is 0 Å². The van der Waals surface area contributed by atoms with Crippen LogP contribution in [0.5, 0.6) is 0 Å². The molecule has 1 amide bonds. The molecule has 27 heavy (non-hydrogen) atoms. The second-order valence-corrected chi connectivity index (χ2v) is 8.75. The maximum absolute atomic E-state index is 12.3. The minimum absolute atomic E-state index is 0.133. The summed E-state index contributed by atoms with van der Waals surface area (Å²) in [5.74, 6) is -0.0336. The number of fused-ring (bicyclic) bond motifs is 1. The lowest BCUT2D eigenvalue weighted by Crippen LogP contribution is -2.31. The Morgan fingerprint density at radius 1 is 1.26 bits per heavy atom. The second kappa shape index (κ2) is 8.26. The van der Waals surface area contributed by atoms with Crippen molar-refractivity contribution in [1.29, 1.82) is 0 Å². The van der Waals surface area contributed by atoms with Crippen molar-refractivity contribution >= 4 is 23.2 Å². The van der Waals surface area contributed by atoms with Gasteiger partial charge in [-0.2, -0.15) is 0 Å². The fourth-order valence-corrected chi connectivity index (χ4v) is 4.51. The van der Waals surface area contributed by atoms with Crippen molar-refractivity contribution in [2.24, 2.45) is 5.92 Å². The van der Waals surface area contributed by atoms with Gasteiger partial charge in [0.1, 0.15) is 4.88 Å². The summed E-state index contributed by atoms with van der Waals surface area (Å²) >= 11 is 1.50. The number of ether oxygens (including phenoxy) is 1. The second-order valence-electron chi connectivity index (χ2n) is 7.62. The van der Waals surface area contributed by atoms with E-state index in [9.17, 15) is 9.59 Å². The number of esters is 1. The Labute approximate surface area is 164 Å². The smallest absolute Gasteiger partial charge is 0.348 e. The van der Waals surface area contributed by atoms with Crippen LogP contribution in [0.25, 0.3) is 0 Å². The molecule has 1 aliphatic rings. The van der Waals surface area contributed by atoms with Gasteiger partial charge in [-0.05, 0) is 74.3 Å². The van der Waals surface area contributed by atoms with Gasteiger partial charge in [0.15, 0.2) is 6.61 Å². The molecule has 0 spiro atoms. The molecule has 1 heterocycles. The van der Waals surface area contributed by atoms with Crippen LogP contribution in [-0.4, -0.2) is 18.5 Å².